The van der Waals surface area contributed by atoms with Crippen molar-refractivity contribution in [2.24, 2.45) is 0 Å². The zero-order valence-electron chi connectivity index (χ0n) is 17.2. The lowest BCUT2D eigenvalue weighted by molar-refractivity contribution is -0.117. The molecule has 1 aromatic heterocycles. The van der Waals surface area contributed by atoms with Crippen LogP contribution in [0.4, 0.5) is 10.6 Å². The van der Waals surface area contributed by atoms with Gasteiger partial charge in [-0.15, -0.1) is 5.10 Å². The van der Waals surface area contributed by atoms with Crippen LogP contribution >= 0.6 is 15.9 Å². The lowest BCUT2D eigenvalue weighted by Crippen LogP contribution is -2.29. The normalized spacial score (nSPS) is 13.7. The molecule has 2 rings (SSSR count). The van der Waals surface area contributed by atoms with Crippen molar-refractivity contribution in [2.45, 2.75) is 65.4 Å². The van der Waals surface area contributed by atoms with Crippen LogP contribution in [0.1, 0.15) is 71.1 Å². The molecule has 2 unspecified atom stereocenters. The van der Waals surface area contributed by atoms with Crippen LogP contribution in [0.15, 0.2) is 34.8 Å². The molecule has 0 aliphatic carbocycles. The number of benzene rings is 1. The highest BCUT2D eigenvalue weighted by Crippen LogP contribution is 2.25. The van der Waals surface area contributed by atoms with Gasteiger partial charge in [-0.1, -0.05) is 41.9 Å². The second-order valence-electron chi connectivity index (χ2n) is 7.92. The molecule has 0 radical (unpaired) electrons. The molecule has 2 aromatic rings. The summed E-state index contributed by atoms with van der Waals surface area (Å²) in [6, 6.07) is 9.35. The first-order valence-corrected chi connectivity index (χ1v) is 10.2. The van der Waals surface area contributed by atoms with Gasteiger partial charge in [0, 0.05) is 10.5 Å². The van der Waals surface area contributed by atoms with Crippen molar-refractivity contribution in [3.63, 3.8) is 0 Å². The van der Waals surface area contributed by atoms with Gasteiger partial charge in [-0.2, -0.15) is 4.68 Å². The number of nitrogens with zero attached hydrogens (tertiary/aromatic N) is 2. The van der Waals surface area contributed by atoms with E-state index in [1.807, 2.05) is 45.0 Å². The van der Waals surface area contributed by atoms with Crippen molar-refractivity contribution < 1.29 is 14.3 Å². The van der Waals surface area contributed by atoms with E-state index < -0.39 is 11.7 Å². The van der Waals surface area contributed by atoms with E-state index >= 15 is 0 Å². The van der Waals surface area contributed by atoms with Crippen molar-refractivity contribution >= 4 is 33.7 Å². The number of carbonyl (C=O) groups excluding carboxylic acids is 2. The number of carbonyl (C=O) groups is 2. The second kappa shape index (κ2) is 8.90. The second-order valence-corrected chi connectivity index (χ2v) is 8.84. The molecular formula is C21H28BrN3O3. The van der Waals surface area contributed by atoms with E-state index in [1.165, 1.54) is 4.68 Å². The average Bonchev–Trinajstić information content (AvgIpc) is 3.03. The largest absolute Gasteiger partial charge is 0.442 e. The molecule has 1 amide bonds. The van der Waals surface area contributed by atoms with Crippen LogP contribution in [-0.4, -0.2) is 27.4 Å². The predicted octanol–water partition coefficient (Wildman–Crippen LogP) is 5.68. The van der Waals surface area contributed by atoms with E-state index in [-0.39, 0.29) is 17.7 Å². The number of amides is 1. The molecule has 28 heavy (non-hydrogen) atoms. The summed E-state index contributed by atoms with van der Waals surface area (Å²) < 4.78 is 7.61. The van der Waals surface area contributed by atoms with Gasteiger partial charge in [0.2, 0.25) is 5.91 Å². The summed E-state index contributed by atoms with van der Waals surface area (Å²) in [7, 11) is 0. The Morgan fingerprint density at radius 3 is 2.50 bits per heavy atom. The quantitative estimate of drug-likeness (QED) is 0.636. The molecule has 7 heteroatoms. The maximum atomic E-state index is 12.7. The number of aromatic nitrogens is 2. The number of halogens is 1. The van der Waals surface area contributed by atoms with Gasteiger partial charge in [0.1, 0.15) is 5.60 Å². The van der Waals surface area contributed by atoms with Crippen molar-refractivity contribution in [2.75, 3.05) is 5.32 Å². The Hall–Kier alpha value is -2.15. The number of ether oxygens (including phenoxy) is 1. The van der Waals surface area contributed by atoms with Crippen LogP contribution in [0.2, 0.25) is 0 Å². The minimum absolute atomic E-state index is 0.0909. The van der Waals surface area contributed by atoms with E-state index in [2.05, 4.69) is 26.3 Å². The summed E-state index contributed by atoms with van der Waals surface area (Å²) >= 11 is 3.42. The molecule has 1 heterocycles. The van der Waals surface area contributed by atoms with Gasteiger partial charge in [-0.25, -0.2) is 4.79 Å². The first-order valence-electron chi connectivity index (χ1n) is 9.41. The summed E-state index contributed by atoms with van der Waals surface area (Å²) in [5.74, 6) is -0.125. The van der Waals surface area contributed by atoms with Crippen LogP contribution in [0.3, 0.4) is 0 Å². The molecule has 2 atom stereocenters. The number of hydrogen-bond donors (Lipinski definition) is 1. The van der Waals surface area contributed by atoms with E-state index in [0.29, 0.717) is 11.5 Å². The number of rotatable bonds is 5. The Labute approximate surface area is 174 Å². The van der Waals surface area contributed by atoms with E-state index in [0.717, 1.165) is 16.5 Å². The molecule has 0 saturated heterocycles. The lowest BCUT2D eigenvalue weighted by Gasteiger charge is -2.20. The third-order valence-electron chi connectivity index (χ3n) is 4.41. The zero-order chi connectivity index (χ0) is 21.1. The standard InChI is InChI=1S/C21H28BrN3O3/c1-7-13(2)17-12-18(24-25(17)20(27)28-21(4,5)6)23-19(26)14(3)15-9-8-10-16(22)11-15/h8-14H,7H2,1-6H3,(H,23,24,26). The number of nitrogens with one attached hydrogen (secondary N) is 1. The highest BCUT2D eigenvalue weighted by molar-refractivity contribution is 9.10. The van der Waals surface area contributed by atoms with Gasteiger partial charge in [0.25, 0.3) is 0 Å². The van der Waals surface area contributed by atoms with E-state index in [9.17, 15) is 9.59 Å². The summed E-state index contributed by atoms with van der Waals surface area (Å²) in [4.78, 5) is 25.2. The topological polar surface area (TPSA) is 73.2 Å². The van der Waals surface area contributed by atoms with E-state index in [4.69, 9.17) is 4.74 Å². The number of hydrogen-bond acceptors (Lipinski definition) is 4. The Bertz CT molecular complexity index is 855. The molecule has 1 N–H and O–H groups in total. The van der Waals surface area contributed by atoms with Crippen LogP contribution in [0.25, 0.3) is 0 Å². The fraction of sp³-hybridized carbons (Fsp3) is 0.476. The smallest absolute Gasteiger partial charge is 0.435 e. The fourth-order valence-corrected chi connectivity index (χ4v) is 3.05. The molecule has 0 fully saturated rings. The van der Waals surface area contributed by atoms with E-state index in [1.54, 1.807) is 26.8 Å². The molecule has 0 aliphatic heterocycles. The van der Waals surface area contributed by atoms with Crippen LogP contribution < -0.4 is 5.32 Å². The van der Waals surface area contributed by atoms with Gasteiger partial charge < -0.3 is 10.1 Å². The minimum atomic E-state index is -0.631. The Kier molecular flexibility index (Phi) is 7.04. The SMILES string of the molecule is CCC(C)c1cc(NC(=O)C(C)c2cccc(Br)c2)nn1C(=O)OC(C)(C)C. The predicted molar refractivity (Wildman–Crippen MR) is 114 cm³/mol. The maximum absolute atomic E-state index is 12.7. The van der Waals surface area contributed by atoms with Crippen LogP contribution in [0.5, 0.6) is 0 Å². The van der Waals surface area contributed by atoms with Crippen molar-refractivity contribution in [1.82, 2.24) is 9.78 Å². The molecular weight excluding hydrogens is 422 g/mol. The minimum Gasteiger partial charge on any atom is -0.442 e. The van der Waals surface area contributed by atoms with Crippen molar-refractivity contribution in [3.05, 3.63) is 46.1 Å². The third-order valence-corrected chi connectivity index (χ3v) is 4.91. The Morgan fingerprint density at radius 2 is 1.93 bits per heavy atom. The summed E-state index contributed by atoms with van der Waals surface area (Å²) in [5.41, 5.74) is 0.969. The third kappa shape index (κ3) is 5.67. The van der Waals surface area contributed by atoms with Gasteiger partial charge >= 0.3 is 6.09 Å². The van der Waals surface area contributed by atoms with Gasteiger partial charge in [0.15, 0.2) is 5.82 Å². The summed E-state index contributed by atoms with van der Waals surface area (Å²) in [5, 5.41) is 7.12. The monoisotopic (exact) mass is 449 g/mol. The summed E-state index contributed by atoms with van der Waals surface area (Å²) in [6.07, 6.45) is 0.277. The zero-order valence-corrected chi connectivity index (χ0v) is 18.8. The van der Waals surface area contributed by atoms with Crippen LogP contribution in [-0.2, 0) is 9.53 Å². The van der Waals surface area contributed by atoms with Gasteiger partial charge in [-0.05, 0) is 57.7 Å². The average molecular weight is 450 g/mol. The van der Waals surface area contributed by atoms with Crippen molar-refractivity contribution in [3.8, 4) is 0 Å². The molecule has 152 valence electrons. The van der Waals surface area contributed by atoms with Gasteiger partial charge in [-0.3, -0.25) is 4.79 Å². The first-order chi connectivity index (χ1) is 13.0. The van der Waals surface area contributed by atoms with Gasteiger partial charge in [0.05, 0.1) is 11.6 Å². The fourth-order valence-electron chi connectivity index (χ4n) is 2.63. The summed E-state index contributed by atoms with van der Waals surface area (Å²) in [6.45, 7) is 11.3. The van der Waals surface area contributed by atoms with Crippen LogP contribution in [0, 0.1) is 0 Å². The molecule has 1 aromatic carbocycles. The maximum Gasteiger partial charge on any atom is 0.435 e. The molecule has 0 spiro atoms. The Balaban J connectivity index is 2.25. The highest BCUT2D eigenvalue weighted by atomic mass is 79.9. The number of anilines is 1. The molecule has 0 aliphatic rings. The molecule has 0 saturated carbocycles. The van der Waals surface area contributed by atoms with Crippen molar-refractivity contribution in [1.29, 1.82) is 0 Å². The lowest BCUT2D eigenvalue weighted by atomic mass is 10.0. The highest BCUT2D eigenvalue weighted by Gasteiger charge is 2.25. The first kappa shape index (κ1) is 22.1. The Morgan fingerprint density at radius 1 is 1.25 bits per heavy atom. The molecule has 0 bridgehead atoms. The molecule has 6 nitrogen and oxygen atoms in total.